The number of nitrogens with one attached hydrogen (secondary N) is 1. The Morgan fingerprint density at radius 2 is 1.64 bits per heavy atom. The van der Waals surface area contributed by atoms with Crippen LogP contribution in [0.25, 0.3) is 10.8 Å². The van der Waals surface area contributed by atoms with E-state index in [0.29, 0.717) is 19.6 Å². The van der Waals surface area contributed by atoms with Crippen LogP contribution >= 0.6 is 0 Å². The molecule has 0 atom stereocenters. The van der Waals surface area contributed by atoms with Gasteiger partial charge < -0.3 is 10.1 Å². The van der Waals surface area contributed by atoms with Gasteiger partial charge in [0.25, 0.3) is 0 Å². The van der Waals surface area contributed by atoms with Crippen LogP contribution in [0.4, 0.5) is 0 Å². The van der Waals surface area contributed by atoms with E-state index >= 15 is 0 Å². The van der Waals surface area contributed by atoms with Gasteiger partial charge >= 0.3 is 0 Å². The predicted molar refractivity (Wildman–Crippen MR) is 102 cm³/mol. The highest BCUT2D eigenvalue weighted by Crippen LogP contribution is 2.24. The van der Waals surface area contributed by atoms with Crippen molar-refractivity contribution in [3.8, 4) is 5.75 Å². The van der Waals surface area contributed by atoms with Crippen LogP contribution in [0.15, 0.2) is 66.7 Å². The number of carbonyl (C=O) groups is 1. The summed E-state index contributed by atoms with van der Waals surface area (Å²) in [7, 11) is 0. The third-order valence-corrected chi connectivity index (χ3v) is 4.23. The quantitative estimate of drug-likeness (QED) is 0.660. The molecule has 0 heterocycles. The lowest BCUT2D eigenvalue weighted by molar-refractivity contribution is -0.120. The Kier molecular flexibility index (Phi) is 5.68. The zero-order chi connectivity index (χ0) is 17.5. The molecule has 0 aromatic heterocycles. The molecule has 0 unspecified atom stereocenters. The molecule has 3 nitrogen and oxygen atoms in total. The van der Waals surface area contributed by atoms with E-state index in [1.54, 1.807) is 0 Å². The maximum Gasteiger partial charge on any atom is 0.224 e. The van der Waals surface area contributed by atoms with E-state index in [1.807, 2.05) is 42.5 Å². The molecule has 25 heavy (non-hydrogen) atoms. The van der Waals surface area contributed by atoms with E-state index in [0.717, 1.165) is 28.5 Å². The van der Waals surface area contributed by atoms with E-state index < -0.39 is 0 Å². The van der Waals surface area contributed by atoms with E-state index in [2.05, 4.69) is 36.5 Å². The number of carbonyl (C=O) groups excluding carboxylic acids is 1. The van der Waals surface area contributed by atoms with Crippen LogP contribution in [-0.4, -0.2) is 19.1 Å². The molecular formula is C22H23NO2. The monoisotopic (exact) mass is 333 g/mol. The zero-order valence-electron chi connectivity index (χ0n) is 14.5. The van der Waals surface area contributed by atoms with E-state index in [1.165, 1.54) is 5.56 Å². The Morgan fingerprint density at radius 1 is 0.920 bits per heavy atom. The third-order valence-electron chi connectivity index (χ3n) is 4.23. The fourth-order valence-electron chi connectivity index (χ4n) is 2.81. The molecule has 1 N–H and O–H groups in total. The molecule has 3 aromatic carbocycles. The molecule has 3 rings (SSSR count). The Hall–Kier alpha value is -2.81. The smallest absolute Gasteiger partial charge is 0.224 e. The van der Waals surface area contributed by atoms with Crippen LogP contribution < -0.4 is 10.1 Å². The molecule has 3 aromatic rings. The van der Waals surface area contributed by atoms with Crippen molar-refractivity contribution >= 4 is 16.7 Å². The SMILES string of the molecule is CCc1ccc(CC(=O)NCCOc2cccc3ccccc23)cc1. The second kappa shape index (κ2) is 8.34. The number of amides is 1. The average molecular weight is 333 g/mol. The van der Waals surface area contributed by atoms with Crippen molar-refractivity contribution in [1.82, 2.24) is 5.32 Å². The molecule has 1 amide bonds. The molecule has 0 bridgehead atoms. The van der Waals surface area contributed by atoms with Crippen LogP contribution in [0.1, 0.15) is 18.1 Å². The van der Waals surface area contributed by atoms with Crippen molar-refractivity contribution in [2.45, 2.75) is 19.8 Å². The van der Waals surface area contributed by atoms with Crippen molar-refractivity contribution in [3.63, 3.8) is 0 Å². The molecule has 0 aliphatic carbocycles. The molecule has 0 fully saturated rings. The van der Waals surface area contributed by atoms with Crippen molar-refractivity contribution in [1.29, 1.82) is 0 Å². The molecule has 3 heteroatoms. The van der Waals surface area contributed by atoms with Gasteiger partial charge in [-0.15, -0.1) is 0 Å². The number of benzene rings is 3. The summed E-state index contributed by atoms with van der Waals surface area (Å²) in [6.07, 6.45) is 1.41. The first kappa shape index (κ1) is 17.0. The van der Waals surface area contributed by atoms with Crippen molar-refractivity contribution in [2.75, 3.05) is 13.2 Å². The lowest BCUT2D eigenvalue weighted by atomic mass is 10.1. The first-order valence-corrected chi connectivity index (χ1v) is 8.71. The second-order valence-electron chi connectivity index (χ2n) is 6.02. The van der Waals surface area contributed by atoms with Gasteiger partial charge in [-0.3, -0.25) is 4.79 Å². The zero-order valence-corrected chi connectivity index (χ0v) is 14.5. The van der Waals surface area contributed by atoms with Gasteiger partial charge in [0.15, 0.2) is 0 Å². The molecule has 0 aliphatic rings. The molecule has 0 aliphatic heterocycles. The number of hydrogen-bond donors (Lipinski definition) is 1. The largest absolute Gasteiger partial charge is 0.491 e. The highest BCUT2D eigenvalue weighted by molar-refractivity contribution is 5.88. The normalized spacial score (nSPS) is 10.6. The fourth-order valence-corrected chi connectivity index (χ4v) is 2.81. The van der Waals surface area contributed by atoms with Gasteiger partial charge in [0, 0.05) is 5.39 Å². The highest BCUT2D eigenvalue weighted by Gasteiger charge is 2.04. The van der Waals surface area contributed by atoms with Gasteiger partial charge in [0.1, 0.15) is 12.4 Å². The van der Waals surface area contributed by atoms with Crippen LogP contribution in [0.2, 0.25) is 0 Å². The maximum atomic E-state index is 12.0. The second-order valence-corrected chi connectivity index (χ2v) is 6.02. The lowest BCUT2D eigenvalue weighted by Gasteiger charge is -2.10. The number of ether oxygens (including phenoxy) is 1. The Bertz CT molecular complexity index is 835. The summed E-state index contributed by atoms with van der Waals surface area (Å²) < 4.78 is 5.84. The van der Waals surface area contributed by atoms with Gasteiger partial charge in [-0.2, -0.15) is 0 Å². The van der Waals surface area contributed by atoms with Gasteiger partial charge in [0.05, 0.1) is 13.0 Å². The van der Waals surface area contributed by atoms with Crippen molar-refractivity contribution < 1.29 is 9.53 Å². The molecule has 0 saturated heterocycles. The average Bonchev–Trinajstić information content (AvgIpc) is 2.66. The van der Waals surface area contributed by atoms with Crippen LogP contribution in [0.5, 0.6) is 5.75 Å². The lowest BCUT2D eigenvalue weighted by Crippen LogP contribution is -2.29. The summed E-state index contributed by atoms with van der Waals surface area (Å²) in [5.74, 6) is 0.869. The standard InChI is InChI=1S/C22H23NO2/c1-2-17-10-12-18(13-11-17)16-22(24)23-14-15-25-21-9-5-7-19-6-3-4-8-20(19)21/h3-13H,2,14-16H2,1H3,(H,23,24). The van der Waals surface area contributed by atoms with Crippen molar-refractivity contribution in [2.24, 2.45) is 0 Å². The molecule has 0 radical (unpaired) electrons. The number of aryl methyl sites for hydroxylation is 1. The van der Waals surface area contributed by atoms with Crippen LogP contribution in [0.3, 0.4) is 0 Å². The Labute approximate surface area is 148 Å². The van der Waals surface area contributed by atoms with E-state index in [4.69, 9.17) is 4.74 Å². The predicted octanol–water partition coefficient (Wildman–Crippen LogP) is 4.14. The molecule has 0 spiro atoms. The topological polar surface area (TPSA) is 38.3 Å². The number of fused-ring (bicyclic) bond motifs is 1. The third kappa shape index (κ3) is 4.60. The summed E-state index contributed by atoms with van der Waals surface area (Å²) in [5.41, 5.74) is 2.32. The molecule has 128 valence electrons. The van der Waals surface area contributed by atoms with Crippen molar-refractivity contribution in [3.05, 3.63) is 77.9 Å². The first-order valence-electron chi connectivity index (χ1n) is 8.71. The maximum absolute atomic E-state index is 12.0. The summed E-state index contributed by atoms with van der Waals surface area (Å²) in [5, 5.41) is 5.16. The summed E-state index contributed by atoms with van der Waals surface area (Å²) in [6.45, 7) is 3.07. The minimum atomic E-state index is 0.0192. The number of rotatable bonds is 7. The summed E-state index contributed by atoms with van der Waals surface area (Å²) in [6, 6.07) is 22.3. The van der Waals surface area contributed by atoms with Gasteiger partial charge in [-0.05, 0) is 29.0 Å². The molecular weight excluding hydrogens is 310 g/mol. The summed E-state index contributed by atoms with van der Waals surface area (Å²) in [4.78, 5) is 12.0. The first-order chi connectivity index (χ1) is 12.3. The van der Waals surface area contributed by atoms with Gasteiger partial charge in [-0.1, -0.05) is 67.6 Å². The molecule has 0 saturated carbocycles. The Balaban J connectivity index is 1.46. The van der Waals surface area contributed by atoms with Gasteiger partial charge in [-0.25, -0.2) is 0 Å². The van der Waals surface area contributed by atoms with Crippen LogP contribution in [0, 0.1) is 0 Å². The van der Waals surface area contributed by atoms with Gasteiger partial charge in [0.2, 0.25) is 5.91 Å². The van der Waals surface area contributed by atoms with E-state index in [9.17, 15) is 4.79 Å². The Morgan fingerprint density at radius 3 is 2.44 bits per heavy atom. The van der Waals surface area contributed by atoms with Crippen LogP contribution in [-0.2, 0) is 17.6 Å². The minimum Gasteiger partial charge on any atom is -0.491 e. The fraction of sp³-hybridized carbons (Fsp3) is 0.227. The number of hydrogen-bond acceptors (Lipinski definition) is 2. The highest BCUT2D eigenvalue weighted by atomic mass is 16.5. The minimum absolute atomic E-state index is 0.0192. The summed E-state index contributed by atoms with van der Waals surface area (Å²) >= 11 is 0. The van der Waals surface area contributed by atoms with E-state index in [-0.39, 0.29) is 5.91 Å².